The molecule has 0 saturated heterocycles. The van der Waals surface area contributed by atoms with E-state index >= 15 is 0 Å². The lowest BCUT2D eigenvalue weighted by molar-refractivity contribution is -0.125. The summed E-state index contributed by atoms with van der Waals surface area (Å²) in [6.07, 6.45) is 2.90. The van der Waals surface area contributed by atoms with Crippen LogP contribution in [0.2, 0.25) is 0 Å². The Hall–Kier alpha value is -1.50. The first-order valence-electron chi connectivity index (χ1n) is 8.29. The molecule has 4 nitrogen and oxygen atoms in total. The van der Waals surface area contributed by atoms with Crippen molar-refractivity contribution in [3.63, 3.8) is 0 Å². The van der Waals surface area contributed by atoms with Crippen LogP contribution in [0.25, 0.3) is 10.6 Å². The van der Waals surface area contributed by atoms with Gasteiger partial charge in [0.25, 0.3) is 0 Å². The van der Waals surface area contributed by atoms with Crippen molar-refractivity contribution in [2.45, 2.75) is 32.2 Å². The molecule has 2 unspecified atom stereocenters. The second kappa shape index (κ2) is 8.74. The predicted octanol–water partition coefficient (Wildman–Crippen LogP) is 3.72. The van der Waals surface area contributed by atoms with Gasteiger partial charge in [-0.15, -0.1) is 23.7 Å². The van der Waals surface area contributed by atoms with Crippen LogP contribution in [0.4, 0.5) is 4.39 Å². The second-order valence-corrected chi connectivity index (χ2v) is 7.28. The molecule has 0 radical (unpaired) electrons. The zero-order valence-electron chi connectivity index (χ0n) is 14.3. The Kier molecular flexibility index (Phi) is 6.93. The number of benzene rings is 1. The molecule has 1 aliphatic rings. The summed E-state index contributed by atoms with van der Waals surface area (Å²) in [5.41, 5.74) is 1.99. The van der Waals surface area contributed by atoms with Crippen LogP contribution in [0, 0.1) is 11.7 Å². The van der Waals surface area contributed by atoms with E-state index in [1.54, 1.807) is 23.5 Å². The fourth-order valence-electron chi connectivity index (χ4n) is 2.99. The smallest absolute Gasteiger partial charge is 0.224 e. The number of halogens is 2. The van der Waals surface area contributed by atoms with Crippen molar-refractivity contribution in [2.24, 2.45) is 5.92 Å². The number of hydrogen-bond acceptors (Lipinski definition) is 4. The Morgan fingerprint density at radius 1 is 1.40 bits per heavy atom. The van der Waals surface area contributed by atoms with E-state index in [9.17, 15) is 9.18 Å². The van der Waals surface area contributed by atoms with Gasteiger partial charge in [0, 0.05) is 18.0 Å². The van der Waals surface area contributed by atoms with Crippen molar-refractivity contribution in [1.82, 2.24) is 15.6 Å². The number of carbonyl (C=O) groups is 1. The number of aryl methyl sites for hydroxylation is 1. The highest BCUT2D eigenvalue weighted by atomic mass is 35.5. The molecule has 7 heteroatoms. The van der Waals surface area contributed by atoms with Crippen molar-refractivity contribution in [2.75, 3.05) is 13.6 Å². The lowest BCUT2D eigenvalue weighted by Crippen LogP contribution is -2.37. The zero-order valence-corrected chi connectivity index (χ0v) is 16.0. The number of amides is 1. The van der Waals surface area contributed by atoms with Gasteiger partial charge in [-0.25, -0.2) is 9.37 Å². The van der Waals surface area contributed by atoms with Crippen LogP contribution in [0.15, 0.2) is 24.3 Å². The molecule has 1 aromatic heterocycles. The van der Waals surface area contributed by atoms with Crippen molar-refractivity contribution >= 4 is 29.7 Å². The van der Waals surface area contributed by atoms with Crippen molar-refractivity contribution in [3.05, 3.63) is 40.7 Å². The minimum absolute atomic E-state index is 0. The molecule has 2 N–H and O–H groups in total. The molecule has 25 heavy (non-hydrogen) atoms. The van der Waals surface area contributed by atoms with Gasteiger partial charge in [0.1, 0.15) is 10.8 Å². The van der Waals surface area contributed by atoms with E-state index in [-0.39, 0.29) is 36.1 Å². The highest BCUT2D eigenvalue weighted by Crippen LogP contribution is 2.38. The van der Waals surface area contributed by atoms with Gasteiger partial charge < -0.3 is 10.6 Å². The maximum atomic E-state index is 13.1. The second-order valence-electron chi connectivity index (χ2n) is 6.25. The summed E-state index contributed by atoms with van der Waals surface area (Å²) in [6, 6.07) is 6.44. The first-order valence-corrected chi connectivity index (χ1v) is 9.10. The summed E-state index contributed by atoms with van der Waals surface area (Å²) in [5.74, 6) is -0.243. The Balaban J connectivity index is 0.00000225. The van der Waals surface area contributed by atoms with Crippen LogP contribution in [0.5, 0.6) is 0 Å². The number of nitrogens with zero attached hydrogens (tertiary/aromatic N) is 1. The maximum absolute atomic E-state index is 13.1. The van der Waals surface area contributed by atoms with Gasteiger partial charge in [-0.2, -0.15) is 0 Å². The number of thiazole rings is 1. The average molecular weight is 384 g/mol. The van der Waals surface area contributed by atoms with Gasteiger partial charge in [-0.1, -0.05) is 6.92 Å². The lowest BCUT2D eigenvalue weighted by atomic mass is 9.97. The molecule has 1 aliphatic carbocycles. The first kappa shape index (κ1) is 19.8. The van der Waals surface area contributed by atoms with Gasteiger partial charge in [0.2, 0.25) is 5.91 Å². The van der Waals surface area contributed by atoms with Gasteiger partial charge in [-0.05, 0) is 50.6 Å². The molecule has 136 valence electrons. The minimum atomic E-state index is -0.247. The normalized spacial score (nSPS) is 17.3. The molecule has 0 fully saturated rings. The summed E-state index contributed by atoms with van der Waals surface area (Å²) >= 11 is 1.61. The third-order valence-corrected chi connectivity index (χ3v) is 5.58. The molecule has 0 saturated carbocycles. The highest BCUT2D eigenvalue weighted by Gasteiger charge is 2.27. The number of nitrogens with one attached hydrogen (secondary N) is 2. The molecule has 1 amide bonds. The molecule has 0 bridgehead atoms. The molecule has 1 aromatic carbocycles. The van der Waals surface area contributed by atoms with Gasteiger partial charge in [0.15, 0.2) is 0 Å². The van der Waals surface area contributed by atoms with Crippen molar-refractivity contribution < 1.29 is 9.18 Å². The summed E-state index contributed by atoms with van der Waals surface area (Å²) < 4.78 is 13.1. The van der Waals surface area contributed by atoms with E-state index in [0.29, 0.717) is 6.54 Å². The topological polar surface area (TPSA) is 54.0 Å². The summed E-state index contributed by atoms with van der Waals surface area (Å²) in [7, 11) is 1.85. The monoisotopic (exact) mass is 383 g/mol. The van der Waals surface area contributed by atoms with Crippen LogP contribution in [0.3, 0.4) is 0 Å². The Bertz CT molecular complexity index is 720. The molecular formula is C18H23ClFN3OS. The molecule has 1 heterocycles. The van der Waals surface area contributed by atoms with Gasteiger partial charge >= 0.3 is 0 Å². The summed E-state index contributed by atoms with van der Waals surface area (Å²) in [4.78, 5) is 18.2. The van der Waals surface area contributed by atoms with Crippen molar-refractivity contribution in [3.8, 4) is 10.6 Å². The molecule has 0 aliphatic heterocycles. The minimum Gasteiger partial charge on any atom is -0.348 e. The number of fused-ring (bicyclic) bond motifs is 1. The van der Waals surface area contributed by atoms with E-state index < -0.39 is 0 Å². The summed E-state index contributed by atoms with van der Waals surface area (Å²) in [5, 5.41) is 7.09. The van der Waals surface area contributed by atoms with Crippen LogP contribution in [-0.2, 0) is 11.2 Å². The van der Waals surface area contributed by atoms with E-state index in [2.05, 4.69) is 10.6 Å². The fraction of sp³-hybridized carbons (Fsp3) is 0.444. The number of aromatic nitrogens is 1. The standard InChI is InChI=1S/C18H22FN3OS.ClH/c1-11(10-20-2)17(23)21-14-4-3-5-15-16(14)24-18(22-15)12-6-8-13(19)9-7-12;/h6-9,11,14,20H,3-5,10H2,1-2H3,(H,21,23);1H. The SMILES string of the molecule is CNCC(C)C(=O)NC1CCCc2nc(-c3ccc(F)cc3)sc21.Cl. The number of rotatable bonds is 5. The van der Waals surface area contributed by atoms with E-state index in [1.165, 1.54) is 12.1 Å². The number of carbonyl (C=O) groups excluding carboxylic acids is 1. The first-order chi connectivity index (χ1) is 11.6. The van der Waals surface area contributed by atoms with Crippen LogP contribution in [-0.4, -0.2) is 24.5 Å². The highest BCUT2D eigenvalue weighted by molar-refractivity contribution is 7.15. The van der Waals surface area contributed by atoms with E-state index in [1.807, 2.05) is 14.0 Å². The van der Waals surface area contributed by atoms with Gasteiger partial charge in [-0.3, -0.25) is 4.79 Å². The Morgan fingerprint density at radius 3 is 2.80 bits per heavy atom. The van der Waals surface area contributed by atoms with E-state index in [0.717, 1.165) is 40.4 Å². The van der Waals surface area contributed by atoms with Crippen LogP contribution >= 0.6 is 23.7 Å². The third kappa shape index (κ3) is 4.57. The number of hydrogen-bond donors (Lipinski definition) is 2. The van der Waals surface area contributed by atoms with Gasteiger partial charge in [0.05, 0.1) is 16.6 Å². The predicted molar refractivity (Wildman–Crippen MR) is 102 cm³/mol. The average Bonchev–Trinajstić information content (AvgIpc) is 3.01. The lowest BCUT2D eigenvalue weighted by Gasteiger charge is -2.24. The molecule has 0 spiro atoms. The molecule has 2 aromatic rings. The van der Waals surface area contributed by atoms with Crippen LogP contribution in [0.1, 0.15) is 36.4 Å². The largest absolute Gasteiger partial charge is 0.348 e. The van der Waals surface area contributed by atoms with E-state index in [4.69, 9.17) is 4.98 Å². The zero-order chi connectivity index (χ0) is 17.1. The maximum Gasteiger partial charge on any atom is 0.224 e. The van der Waals surface area contributed by atoms with Crippen LogP contribution < -0.4 is 10.6 Å². The fourth-order valence-corrected chi connectivity index (χ4v) is 4.19. The molecular weight excluding hydrogens is 361 g/mol. The third-order valence-electron chi connectivity index (χ3n) is 4.32. The van der Waals surface area contributed by atoms with Crippen molar-refractivity contribution in [1.29, 1.82) is 0 Å². The summed E-state index contributed by atoms with van der Waals surface area (Å²) in [6.45, 7) is 2.58. The quantitative estimate of drug-likeness (QED) is 0.827. The molecule has 3 rings (SSSR count). The Morgan fingerprint density at radius 2 is 2.12 bits per heavy atom. The molecule has 2 atom stereocenters. The Labute approximate surface area is 157 Å².